The normalized spacial score (nSPS) is 21.0. The van der Waals surface area contributed by atoms with Crippen LogP contribution in [0.1, 0.15) is 20.3 Å². The minimum Gasteiger partial charge on any atom is -0.318 e. The van der Waals surface area contributed by atoms with Crippen LogP contribution >= 0.6 is 8.73 Å². The van der Waals surface area contributed by atoms with Crippen LogP contribution in [0.15, 0.2) is 0 Å². The van der Waals surface area contributed by atoms with E-state index in [1.54, 1.807) is 13.8 Å². The predicted molar refractivity (Wildman–Crippen MR) is 64.6 cm³/mol. The molecule has 0 aromatic carbocycles. The van der Waals surface area contributed by atoms with Crippen LogP contribution in [-0.4, -0.2) is 47.0 Å². The molecule has 1 aliphatic rings. The van der Waals surface area contributed by atoms with E-state index in [0.717, 1.165) is 4.90 Å². The van der Waals surface area contributed by atoms with Gasteiger partial charge < -0.3 is 5.32 Å². The minimum atomic E-state index is -0.742. The highest BCUT2D eigenvalue weighted by Crippen LogP contribution is 2.21. The van der Waals surface area contributed by atoms with Crippen LogP contribution in [0.3, 0.4) is 0 Å². The highest BCUT2D eigenvalue weighted by molar-refractivity contribution is 7.35. The van der Waals surface area contributed by atoms with Gasteiger partial charge in [-0.3, -0.25) is 14.8 Å². The van der Waals surface area contributed by atoms with Gasteiger partial charge in [-0.2, -0.15) is 0 Å². The summed E-state index contributed by atoms with van der Waals surface area (Å²) < 4.78 is 1.43. The van der Waals surface area contributed by atoms with Crippen molar-refractivity contribution >= 4 is 26.7 Å². The first-order valence-electron chi connectivity index (χ1n) is 5.43. The Kier molecular flexibility index (Phi) is 4.69. The maximum absolute atomic E-state index is 11.9. The minimum absolute atomic E-state index is 0.160. The van der Waals surface area contributed by atoms with Crippen molar-refractivity contribution in [1.82, 2.24) is 20.2 Å². The second-order valence-corrected chi connectivity index (χ2v) is 4.32. The van der Waals surface area contributed by atoms with Gasteiger partial charge in [0.2, 0.25) is 5.91 Å². The Hall–Kier alpha value is -1.36. The van der Waals surface area contributed by atoms with E-state index in [4.69, 9.17) is 0 Å². The molecule has 1 fully saturated rings. The number of amides is 5. The third-order valence-corrected chi connectivity index (χ3v) is 3.31. The molecule has 8 heteroatoms. The fraction of sp³-hybridized carbons (Fsp3) is 0.667. The number of carbonyl (C=O) groups excluding carboxylic acids is 3. The quantitative estimate of drug-likeness (QED) is 0.721. The smallest absolute Gasteiger partial charge is 0.318 e. The Morgan fingerprint density at radius 3 is 2.59 bits per heavy atom. The summed E-state index contributed by atoms with van der Waals surface area (Å²) in [6.45, 7) is 5.55. The highest BCUT2D eigenvalue weighted by Gasteiger charge is 2.37. The third-order valence-electron chi connectivity index (χ3n) is 2.38. The Labute approximate surface area is 102 Å². The zero-order valence-electron chi connectivity index (χ0n) is 10.1. The maximum atomic E-state index is 11.9. The van der Waals surface area contributed by atoms with Crippen LogP contribution in [0.2, 0.25) is 0 Å². The van der Waals surface area contributed by atoms with Crippen molar-refractivity contribution in [3.8, 4) is 0 Å². The van der Waals surface area contributed by atoms with Gasteiger partial charge in [0.05, 0.1) is 0 Å². The zero-order valence-corrected chi connectivity index (χ0v) is 11.1. The fourth-order valence-corrected chi connectivity index (χ4v) is 2.14. The molecule has 0 radical (unpaired) electrons. The summed E-state index contributed by atoms with van der Waals surface area (Å²) >= 11 is 0. The topological polar surface area (TPSA) is 81.8 Å². The monoisotopic (exact) mass is 260 g/mol. The summed E-state index contributed by atoms with van der Waals surface area (Å²) in [7, 11) is 0.160. The molecule has 1 heterocycles. The van der Waals surface area contributed by atoms with Gasteiger partial charge in [0.15, 0.2) is 6.29 Å². The average Bonchev–Trinajstić information content (AvgIpc) is 2.29. The lowest BCUT2D eigenvalue weighted by atomic mass is 10.4. The van der Waals surface area contributed by atoms with Crippen LogP contribution in [0, 0.1) is 0 Å². The van der Waals surface area contributed by atoms with Crippen molar-refractivity contribution in [3.63, 3.8) is 0 Å². The fourth-order valence-electron chi connectivity index (χ4n) is 1.45. The van der Waals surface area contributed by atoms with Gasteiger partial charge in [0.25, 0.3) is 0 Å². The largest absolute Gasteiger partial charge is 0.334 e. The number of nitrogens with zero attached hydrogens (tertiary/aromatic N) is 2. The lowest BCUT2D eigenvalue weighted by molar-refractivity contribution is -0.122. The van der Waals surface area contributed by atoms with E-state index in [1.165, 1.54) is 4.67 Å². The molecular weight excluding hydrogens is 243 g/mol. The number of carbonyl (C=O) groups is 3. The van der Waals surface area contributed by atoms with E-state index in [1.807, 2.05) is 6.66 Å². The van der Waals surface area contributed by atoms with E-state index in [2.05, 4.69) is 10.6 Å². The van der Waals surface area contributed by atoms with Crippen molar-refractivity contribution in [2.75, 3.05) is 13.2 Å². The number of imide groups is 1. The summed E-state index contributed by atoms with van der Waals surface area (Å²) in [5.41, 5.74) is 0. The van der Waals surface area contributed by atoms with Crippen molar-refractivity contribution < 1.29 is 14.4 Å². The molecule has 5 amide bonds. The molecule has 7 nitrogen and oxygen atoms in total. The molecular formula is C9H17N4O3P. The van der Waals surface area contributed by atoms with E-state index in [0.29, 0.717) is 13.0 Å². The Balaban J connectivity index is 2.82. The molecule has 0 bridgehead atoms. The summed E-state index contributed by atoms with van der Waals surface area (Å²) in [5.74, 6) is -0.212. The number of nitrogens with one attached hydrogen (secondary N) is 2. The predicted octanol–water partition coefficient (Wildman–Crippen LogP) is 0.487. The van der Waals surface area contributed by atoms with Gasteiger partial charge in [-0.1, -0.05) is 6.92 Å². The van der Waals surface area contributed by atoms with Gasteiger partial charge in [-0.25, -0.2) is 14.5 Å². The maximum Gasteiger partial charge on any atom is 0.334 e. The highest BCUT2D eigenvalue weighted by atomic mass is 31.1. The van der Waals surface area contributed by atoms with Crippen LogP contribution in [0.4, 0.5) is 9.59 Å². The van der Waals surface area contributed by atoms with Crippen molar-refractivity contribution in [2.24, 2.45) is 0 Å². The van der Waals surface area contributed by atoms with E-state index >= 15 is 0 Å². The molecule has 0 aromatic heterocycles. The molecule has 2 N–H and O–H groups in total. The standard InChI is InChI=1S/C9H17N4O3P/c1-4-6(14)10-7-11-8(15)12(5-2)9(16)13(7)17-3/h7,17H,4-5H2,1-3H3,(H,10,14)(H,11,15). The van der Waals surface area contributed by atoms with Gasteiger partial charge in [0.1, 0.15) is 0 Å². The van der Waals surface area contributed by atoms with E-state index < -0.39 is 12.3 Å². The van der Waals surface area contributed by atoms with Crippen LogP contribution in [0.25, 0.3) is 0 Å². The molecule has 1 aliphatic heterocycles. The molecule has 0 saturated carbocycles. The molecule has 1 rings (SSSR count). The molecule has 0 spiro atoms. The number of hydrogen-bond donors (Lipinski definition) is 2. The second kappa shape index (κ2) is 5.82. The van der Waals surface area contributed by atoms with Crippen molar-refractivity contribution in [1.29, 1.82) is 0 Å². The van der Waals surface area contributed by atoms with E-state index in [9.17, 15) is 14.4 Å². The molecule has 17 heavy (non-hydrogen) atoms. The van der Waals surface area contributed by atoms with Crippen molar-refractivity contribution in [3.05, 3.63) is 0 Å². The Morgan fingerprint density at radius 1 is 1.47 bits per heavy atom. The van der Waals surface area contributed by atoms with E-state index in [-0.39, 0.29) is 20.7 Å². The SMILES string of the molecule is CCC(=O)NC1NC(=O)N(CC)C(=O)N1PC. The van der Waals surface area contributed by atoms with Crippen LogP contribution in [0.5, 0.6) is 0 Å². The van der Waals surface area contributed by atoms with Gasteiger partial charge in [-0.05, 0) is 22.3 Å². The molecule has 2 atom stereocenters. The average molecular weight is 260 g/mol. The Bertz CT molecular complexity index is 336. The lowest BCUT2D eigenvalue weighted by Gasteiger charge is -2.39. The van der Waals surface area contributed by atoms with Gasteiger partial charge in [-0.15, -0.1) is 0 Å². The van der Waals surface area contributed by atoms with Crippen LogP contribution in [-0.2, 0) is 4.79 Å². The molecule has 1 saturated heterocycles. The first kappa shape index (κ1) is 13.7. The van der Waals surface area contributed by atoms with Gasteiger partial charge in [0, 0.05) is 13.0 Å². The van der Waals surface area contributed by atoms with Gasteiger partial charge >= 0.3 is 12.1 Å². The molecule has 0 aromatic rings. The first-order valence-corrected chi connectivity index (χ1v) is 6.87. The lowest BCUT2D eigenvalue weighted by Crippen LogP contribution is -2.67. The number of rotatable bonds is 4. The number of urea groups is 2. The first-order chi connectivity index (χ1) is 8.04. The summed E-state index contributed by atoms with van der Waals surface area (Å²) in [4.78, 5) is 35.9. The summed E-state index contributed by atoms with van der Waals surface area (Å²) in [6.07, 6.45) is -0.438. The number of hydrogen-bond acceptors (Lipinski definition) is 3. The third kappa shape index (κ3) is 2.85. The molecule has 2 unspecified atom stereocenters. The summed E-state index contributed by atoms with van der Waals surface area (Å²) in [6, 6.07) is -0.855. The summed E-state index contributed by atoms with van der Waals surface area (Å²) in [5, 5.41) is 5.17. The van der Waals surface area contributed by atoms with Crippen LogP contribution < -0.4 is 10.6 Å². The van der Waals surface area contributed by atoms with Crippen molar-refractivity contribution in [2.45, 2.75) is 26.6 Å². The Morgan fingerprint density at radius 2 is 2.12 bits per heavy atom. The molecule has 0 aliphatic carbocycles. The second-order valence-electron chi connectivity index (χ2n) is 3.39. The zero-order chi connectivity index (χ0) is 13.0. The molecule has 96 valence electrons.